The summed E-state index contributed by atoms with van der Waals surface area (Å²) in [7, 11) is 0. The van der Waals surface area contributed by atoms with Crippen LogP contribution in [0.2, 0.25) is 0 Å². The van der Waals surface area contributed by atoms with E-state index < -0.39 is 0 Å². The van der Waals surface area contributed by atoms with Gasteiger partial charge in [-0.1, -0.05) is 65.5 Å². The topological polar surface area (TPSA) is 20.2 Å². The Morgan fingerprint density at radius 2 is 1.73 bits per heavy atom. The quantitative estimate of drug-likeness (QED) is 0.434. The van der Waals surface area contributed by atoms with E-state index in [-0.39, 0.29) is 6.10 Å². The smallest absolute Gasteiger partial charge is 0.0543 e. The van der Waals surface area contributed by atoms with Crippen LogP contribution < -0.4 is 0 Å². The summed E-state index contributed by atoms with van der Waals surface area (Å²) in [5.41, 5.74) is 4.80. The summed E-state index contributed by atoms with van der Waals surface area (Å²) < 4.78 is 0. The predicted molar refractivity (Wildman–Crippen MR) is 128 cm³/mol. The Labute approximate surface area is 187 Å². The first-order valence-electron chi connectivity index (χ1n) is 13.6. The number of aliphatic hydroxyl groups excluding tert-OH is 1. The van der Waals surface area contributed by atoms with Crippen molar-refractivity contribution in [3.05, 3.63) is 11.1 Å². The lowest BCUT2D eigenvalue weighted by Crippen LogP contribution is -2.48. The van der Waals surface area contributed by atoms with Gasteiger partial charge in [0, 0.05) is 0 Å². The molecule has 0 aromatic carbocycles. The molecule has 172 valence electrons. The van der Waals surface area contributed by atoms with E-state index in [1.165, 1.54) is 64.2 Å². The molecule has 1 N–H and O–H groups in total. The average molecular weight is 415 g/mol. The monoisotopic (exact) mass is 414 g/mol. The van der Waals surface area contributed by atoms with Gasteiger partial charge >= 0.3 is 0 Å². The Balaban J connectivity index is 1.52. The number of aliphatic hydroxyl groups is 1. The first-order chi connectivity index (χ1) is 14.2. The van der Waals surface area contributed by atoms with Crippen LogP contribution in [0.15, 0.2) is 11.1 Å². The average Bonchev–Trinajstić information content (AvgIpc) is 3.06. The highest BCUT2D eigenvalue weighted by molar-refractivity contribution is 5.34. The van der Waals surface area contributed by atoms with Crippen LogP contribution in [0.5, 0.6) is 0 Å². The van der Waals surface area contributed by atoms with E-state index in [4.69, 9.17) is 0 Å². The van der Waals surface area contributed by atoms with E-state index in [2.05, 4.69) is 41.5 Å². The zero-order valence-electron chi connectivity index (χ0n) is 21.0. The van der Waals surface area contributed by atoms with Gasteiger partial charge in [-0.3, -0.25) is 0 Å². The summed E-state index contributed by atoms with van der Waals surface area (Å²) in [6, 6.07) is 0. The zero-order chi connectivity index (χ0) is 21.7. The molecular formula is C29H50O. The fourth-order valence-corrected chi connectivity index (χ4v) is 9.11. The van der Waals surface area contributed by atoms with E-state index in [0.717, 1.165) is 48.3 Å². The minimum Gasteiger partial charge on any atom is -0.393 e. The number of rotatable bonds is 6. The molecule has 0 amide bonds. The van der Waals surface area contributed by atoms with Crippen molar-refractivity contribution in [1.29, 1.82) is 0 Å². The third-order valence-corrected chi connectivity index (χ3v) is 11.2. The largest absolute Gasteiger partial charge is 0.393 e. The molecule has 4 rings (SSSR count). The minimum absolute atomic E-state index is 0.0272. The molecule has 3 fully saturated rings. The van der Waals surface area contributed by atoms with E-state index in [1.807, 2.05) is 11.1 Å². The normalized spacial score (nSPS) is 43.2. The van der Waals surface area contributed by atoms with E-state index in [9.17, 15) is 5.11 Å². The maximum absolute atomic E-state index is 10.3. The molecular weight excluding hydrogens is 364 g/mol. The van der Waals surface area contributed by atoms with Crippen molar-refractivity contribution in [2.45, 2.75) is 125 Å². The van der Waals surface area contributed by atoms with Crippen molar-refractivity contribution >= 4 is 0 Å². The molecule has 4 aliphatic carbocycles. The summed E-state index contributed by atoms with van der Waals surface area (Å²) in [5, 5.41) is 10.3. The second kappa shape index (κ2) is 8.57. The first kappa shape index (κ1) is 22.9. The molecule has 30 heavy (non-hydrogen) atoms. The van der Waals surface area contributed by atoms with Crippen LogP contribution in [0, 0.1) is 46.3 Å². The molecule has 1 nitrogen and oxygen atoms in total. The summed E-state index contributed by atoms with van der Waals surface area (Å²) in [6.45, 7) is 15.1. The van der Waals surface area contributed by atoms with Gasteiger partial charge in [-0.15, -0.1) is 0 Å². The zero-order valence-corrected chi connectivity index (χ0v) is 21.0. The maximum Gasteiger partial charge on any atom is 0.0543 e. The Hall–Kier alpha value is -0.300. The summed E-state index contributed by atoms with van der Waals surface area (Å²) in [4.78, 5) is 0. The standard InChI is InChI=1S/C29H50O/c1-7-21(19(2)3)9-8-20(4)25-12-13-26-24-11-10-22-18-23(30)14-16-28(22,5)27(24)15-17-29(25,26)6/h19-23,25,27,30H,7-18H2,1-6H3/t20-,21-,22-,23-,25-,27+,28+,29-/m1/s1. The van der Waals surface area contributed by atoms with Gasteiger partial charge in [-0.05, 0) is 111 Å². The second-order valence-electron chi connectivity index (χ2n) is 12.8. The number of hydrogen-bond donors (Lipinski definition) is 1. The van der Waals surface area contributed by atoms with Crippen LogP contribution >= 0.6 is 0 Å². The summed E-state index contributed by atoms with van der Waals surface area (Å²) in [5.74, 6) is 5.11. The van der Waals surface area contributed by atoms with E-state index >= 15 is 0 Å². The first-order valence-corrected chi connectivity index (χ1v) is 13.6. The van der Waals surface area contributed by atoms with Crippen LogP contribution in [0.4, 0.5) is 0 Å². The summed E-state index contributed by atoms with van der Waals surface area (Å²) >= 11 is 0. The van der Waals surface area contributed by atoms with Crippen molar-refractivity contribution in [2.24, 2.45) is 46.3 Å². The minimum atomic E-state index is -0.0272. The van der Waals surface area contributed by atoms with Crippen LogP contribution in [-0.4, -0.2) is 11.2 Å². The molecule has 0 spiro atoms. The van der Waals surface area contributed by atoms with Crippen molar-refractivity contribution in [3.8, 4) is 0 Å². The van der Waals surface area contributed by atoms with Gasteiger partial charge in [0.25, 0.3) is 0 Å². The van der Waals surface area contributed by atoms with Crippen molar-refractivity contribution < 1.29 is 5.11 Å². The van der Waals surface area contributed by atoms with Gasteiger partial charge < -0.3 is 5.11 Å². The summed E-state index contributed by atoms with van der Waals surface area (Å²) in [6.07, 6.45) is 15.9. The Kier molecular flexibility index (Phi) is 6.53. The van der Waals surface area contributed by atoms with Gasteiger partial charge in [0.2, 0.25) is 0 Å². The van der Waals surface area contributed by atoms with Crippen LogP contribution in [-0.2, 0) is 0 Å². The molecule has 8 atom stereocenters. The van der Waals surface area contributed by atoms with Crippen LogP contribution in [0.1, 0.15) is 119 Å². The highest BCUT2D eigenvalue weighted by atomic mass is 16.3. The Morgan fingerprint density at radius 3 is 2.43 bits per heavy atom. The van der Waals surface area contributed by atoms with Crippen LogP contribution in [0.3, 0.4) is 0 Å². The van der Waals surface area contributed by atoms with Gasteiger partial charge in [-0.2, -0.15) is 0 Å². The van der Waals surface area contributed by atoms with Gasteiger partial charge in [-0.25, -0.2) is 0 Å². The molecule has 0 aromatic heterocycles. The number of fused-ring (bicyclic) bond motifs is 4. The van der Waals surface area contributed by atoms with Crippen molar-refractivity contribution in [2.75, 3.05) is 0 Å². The highest BCUT2D eigenvalue weighted by Crippen LogP contribution is 2.65. The molecule has 4 aliphatic rings. The van der Waals surface area contributed by atoms with E-state index in [1.54, 1.807) is 0 Å². The lowest BCUT2D eigenvalue weighted by molar-refractivity contribution is -0.0381. The molecule has 0 saturated heterocycles. The fraction of sp³-hybridized carbons (Fsp3) is 0.931. The van der Waals surface area contributed by atoms with Crippen molar-refractivity contribution in [3.63, 3.8) is 0 Å². The molecule has 0 heterocycles. The fourth-order valence-electron chi connectivity index (χ4n) is 9.11. The third-order valence-electron chi connectivity index (χ3n) is 11.2. The molecule has 0 aromatic rings. The van der Waals surface area contributed by atoms with Gasteiger partial charge in [0.15, 0.2) is 0 Å². The highest BCUT2D eigenvalue weighted by Gasteiger charge is 2.55. The number of hydrogen-bond acceptors (Lipinski definition) is 1. The molecule has 0 unspecified atom stereocenters. The molecule has 0 radical (unpaired) electrons. The molecule has 1 heteroatoms. The predicted octanol–water partition coefficient (Wildman–Crippen LogP) is 8.17. The SMILES string of the molecule is CC[C@H](CC[C@@H](C)[C@H]1CCC2=C3CC[C@@H]4C[C@H](O)CC[C@]4(C)[C@H]3CC[C@@]21C)C(C)C. The van der Waals surface area contributed by atoms with Gasteiger partial charge in [0.05, 0.1) is 6.10 Å². The van der Waals surface area contributed by atoms with Gasteiger partial charge in [0.1, 0.15) is 0 Å². The Bertz CT molecular complexity index is 647. The molecule has 3 saturated carbocycles. The maximum atomic E-state index is 10.3. The third kappa shape index (κ3) is 3.74. The second-order valence-corrected chi connectivity index (χ2v) is 12.8. The van der Waals surface area contributed by atoms with E-state index in [0.29, 0.717) is 10.8 Å². The molecule has 0 bridgehead atoms. The number of allylic oxidation sites excluding steroid dienone is 2. The lowest BCUT2D eigenvalue weighted by atomic mass is 9.49. The Morgan fingerprint density at radius 1 is 0.967 bits per heavy atom. The van der Waals surface area contributed by atoms with Crippen molar-refractivity contribution in [1.82, 2.24) is 0 Å². The molecule has 0 aliphatic heterocycles. The van der Waals surface area contributed by atoms with Crippen LogP contribution in [0.25, 0.3) is 0 Å². The lowest BCUT2D eigenvalue weighted by Gasteiger charge is -2.56.